The van der Waals surface area contributed by atoms with Gasteiger partial charge in [-0.1, -0.05) is 11.6 Å². The minimum Gasteiger partial charge on any atom is -0.377 e. The Morgan fingerprint density at radius 3 is 2.89 bits per heavy atom. The van der Waals surface area contributed by atoms with E-state index in [2.05, 4.69) is 45.2 Å². The van der Waals surface area contributed by atoms with Crippen LogP contribution in [0.25, 0.3) is 0 Å². The normalized spacial score (nSPS) is 10.9. The third-order valence-electron chi connectivity index (χ3n) is 2.50. The lowest BCUT2D eigenvalue weighted by atomic mass is 10.3. The fourth-order valence-corrected chi connectivity index (χ4v) is 2.46. The molecule has 0 amide bonds. The number of nitrogens with zero attached hydrogens (tertiary/aromatic N) is 3. The molecule has 0 unspecified atom stereocenters. The summed E-state index contributed by atoms with van der Waals surface area (Å²) in [6.45, 7) is 4.78. The Balaban J connectivity index is 2.09. The standard InChI is InChI=1S/C12H14BrClN4/c1-8(2)18-12(16-7-17-18)6-15-11-4-3-9(14)5-10(11)13/h3-5,7-8,15H,6H2,1-2H3. The fourth-order valence-electron chi connectivity index (χ4n) is 1.64. The summed E-state index contributed by atoms with van der Waals surface area (Å²) in [5.74, 6) is 0.909. The van der Waals surface area contributed by atoms with Crippen molar-refractivity contribution in [2.75, 3.05) is 5.32 Å². The second-order valence-corrected chi connectivity index (χ2v) is 5.48. The van der Waals surface area contributed by atoms with Gasteiger partial charge in [-0.05, 0) is 48.0 Å². The second kappa shape index (κ2) is 5.71. The molecule has 0 atom stereocenters. The van der Waals surface area contributed by atoms with Gasteiger partial charge >= 0.3 is 0 Å². The summed E-state index contributed by atoms with van der Waals surface area (Å²) < 4.78 is 2.84. The molecule has 0 bridgehead atoms. The van der Waals surface area contributed by atoms with E-state index in [9.17, 15) is 0 Å². The first-order chi connectivity index (χ1) is 8.58. The van der Waals surface area contributed by atoms with Gasteiger partial charge in [-0.15, -0.1) is 0 Å². The molecule has 0 spiro atoms. The monoisotopic (exact) mass is 328 g/mol. The molecule has 0 aliphatic carbocycles. The maximum absolute atomic E-state index is 5.90. The average molecular weight is 330 g/mol. The van der Waals surface area contributed by atoms with E-state index in [-0.39, 0.29) is 0 Å². The SMILES string of the molecule is CC(C)n1ncnc1CNc1ccc(Cl)cc1Br. The highest BCUT2D eigenvalue weighted by molar-refractivity contribution is 9.10. The van der Waals surface area contributed by atoms with E-state index in [4.69, 9.17) is 11.6 Å². The highest BCUT2D eigenvalue weighted by Crippen LogP contribution is 2.26. The third-order valence-corrected chi connectivity index (χ3v) is 3.40. The molecule has 4 nitrogen and oxygen atoms in total. The lowest BCUT2D eigenvalue weighted by Gasteiger charge is -2.11. The number of nitrogens with one attached hydrogen (secondary N) is 1. The van der Waals surface area contributed by atoms with E-state index in [1.54, 1.807) is 6.33 Å². The lowest BCUT2D eigenvalue weighted by molar-refractivity contribution is 0.509. The van der Waals surface area contributed by atoms with E-state index in [1.807, 2.05) is 22.9 Å². The predicted molar refractivity (Wildman–Crippen MR) is 76.9 cm³/mol. The maximum atomic E-state index is 5.90. The van der Waals surface area contributed by atoms with Crippen LogP contribution in [-0.4, -0.2) is 14.8 Å². The molecule has 0 radical (unpaired) electrons. The Labute approximate surface area is 119 Å². The number of rotatable bonds is 4. The predicted octanol–water partition coefficient (Wildman–Crippen LogP) is 3.89. The molecule has 0 aliphatic rings. The summed E-state index contributed by atoms with van der Waals surface area (Å²) in [5, 5.41) is 8.21. The van der Waals surface area contributed by atoms with Crippen LogP contribution in [0.4, 0.5) is 5.69 Å². The van der Waals surface area contributed by atoms with Crippen LogP contribution in [0.2, 0.25) is 5.02 Å². The first-order valence-corrected chi connectivity index (χ1v) is 6.82. The highest BCUT2D eigenvalue weighted by atomic mass is 79.9. The number of hydrogen-bond acceptors (Lipinski definition) is 3. The minimum absolute atomic E-state index is 0.304. The highest BCUT2D eigenvalue weighted by Gasteiger charge is 2.08. The molecule has 96 valence electrons. The number of aromatic nitrogens is 3. The maximum Gasteiger partial charge on any atom is 0.146 e. The van der Waals surface area contributed by atoms with Crippen LogP contribution in [-0.2, 0) is 6.54 Å². The Kier molecular flexibility index (Phi) is 4.24. The van der Waals surface area contributed by atoms with Gasteiger partial charge in [0.2, 0.25) is 0 Å². The van der Waals surface area contributed by atoms with Crippen molar-refractivity contribution in [3.8, 4) is 0 Å². The third kappa shape index (κ3) is 3.03. The van der Waals surface area contributed by atoms with Gasteiger partial charge in [0.25, 0.3) is 0 Å². The summed E-state index contributed by atoms with van der Waals surface area (Å²) in [7, 11) is 0. The largest absolute Gasteiger partial charge is 0.377 e. The zero-order valence-electron chi connectivity index (χ0n) is 10.2. The quantitative estimate of drug-likeness (QED) is 0.925. The first-order valence-electron chi connectivity index (χ1n) is 5.65. The summed E-state index contributed by atoms with van der Waals surface area (Å²) in [6.07, 6.45) is 1.58. The van der Waals surface area contributed by atoms with Gasteiger partial charge in [-0.3, -0.25) is 0 Å². The van der Waals surface area contributed by atoms with Gasteiger partial charge in [0.05, 0.1) is 6.54 Å². The number of anilines is 1. The van der Waals surface area contributed by atoms with Crippen molar-refractivity contribution < 1.29 is 0 Å². The van der Waals surface area contributed by atoms with Crippen LogP contribution in [0.15, 0.2) is 29.0 Å². The van der Waals surface area contributed by atoms with E-state index in [0.29, 0.717) is 17.6 Å². The van der Waals surface area contributed by atoms with Crippen molar-refractivity contribution in [2.24, 2.45) is 0 Å². The van der Waals surface area contributed by atoms with Crippen LogP contribution < -0.4 is 5.32 Å². The zero-order chi connectivity index (χ0) is 13.1. The van der Waals surface area contributed by atoms with Gasteiger partial charge in [-0.2, -0.15) is 5.10 Å². The Morgan fingerprint density at radius 1 is 1.44 bits per heavy atom. The van der Waals surface area contributed by atoms with Crippen molar-refractivity contribution in [3.63, 3.8) is 0 Å². The van der Waals surface area contributed by atoms with Gasteiger partial charge in [0.15, 0.2) is 0 Å². The van der Waals surface area contributed by atoms with E-state index in [1.165, 1.54) is 0 Å². The average Bonchev–Trinajstić information content (AvgIpc) is 2.76. The smallest absolute Gasteiger partial charge is 0.146 e. The molecular formula is C12H14BrClN4. The molecule has 2 rings (SSSR count). The van der Waals surface area contributed by atoms with Gasteiger partial charge in [-0.25, -0.2) is 9.67 Å². The summed E-state index contributed by atoms with van der Waals surface area (Å²) in [4.78, 5) is 4.25. The van der Waals surface area contributed by atoms with Crippen LogP contribution >= 0.6 is 27.5 Å². The summed E-state index contributed by atoms with van der Waals surface area (Å²) in [6, 6.07) is 5.94. The second-order valence-electron chi connectivity index (χ2n) is 4.19. The van der Waals surface area contributed by atoms with Crippen LogP contribution in [0.1, 0.15) is 25.7 Å². The van der Waals surface area contributed by atoms with Crippen LogP contribution in [0.3, 0.4) is 0 Å². The van der Waals surface area contributed by atoms with Gasteiger partial charge in [0.1, 0.15) is 12.2 Å². The molecule has 0 aliphatic heterocycles. The molecule has 6 heteroatoms. The molecule has 0 saturated carbocycles. The molecule has 18 heavy (non-hydrogen) atoms. The molecule has 0 fully saturated rings. The van der Waals surface area contributed by atoms with Crippen molar-refractivity contribution in [3.05, 3.63) is 39.8 Å². The molecular weight excluding hydrogens is 316 g/mol. The Hall–Kier alpha value is -1.07. The fraction of sp³-hybridized carbons (Fsp3) is 0.333. The first kappa shape index (κ1) is 13.4. The molecule has 1 aromatic heterocycles. The summed E-state index contributed by atoms with van der Waals surface area (Å²) in [5.41, 5.74) is 0.984. The van der Waals surface area contributed by atoms with Crippen molar-refractivity contribution in [1.29, 1.82) is 0 Å². The van der Waals surface area contributed by atoms with Crippen molar-refractivity contribution in [1.82, 2.24) is 14.8 Å². The van der Waals surface area contributed by atoms with Crippen LogP contribution in [0.5, 0.6) is 0 Å². The van der Waals surface area contributed by atoms with Gasteiger partial charge in [0, 0.05) is 21.2 Å². The topological polar surface area (TPSA) is 42.7 Å². The van der Waals surface area contributed by atoms with Crippen molar-refractivity contribution >= 4 is 33.2 Å². The lowest BCUT2D eigenvalue weighted by Crippen LogP contribution is -2.12. The number of halogens is 2. The Bertz CT molecular complexity index is 539. The van der Waals surface area contributed by atoms with Crippen molar-refractivity contribution in [2.45, 2.75) is 26.4 Å². The summed E-state index contributed by atoms with van der Waals surface area (Å²) >= 11 is 9.37. The van der Waals surface area contributed by atoms with E-state index in [0.717, 1.165) is 16.0 Å². The molecule has 2 aromatic rings. The van der Waals surface area contributed by atoms with E-state index >= 15 is 0 Å². The van der Waals surface area contributed by atoms with Crippen LogP contribution in [0, 0.1) is 0 Å². The molecule has 1 heterocycles. The molecule has 1 N–H and O–H groups in total. The number of hydrogen-bond donors (Lipinski definition) is 1. The Morgan fingerprint density at radius 2 is 2.22 bits per heavy atom. The molecule has 1 aromatic carbocycles. The minimum atomic E-state index is 0.304. The zero-order valence-corrected chi connectivity index (χ0v) is 12.5. The van der Waals surface area contributed by atoms with Gasteiger partial charge < -0.3 is 5.32 Å². The van der Waals surface area contributed by atoms with E-state index < -0.39 is 0 Å². The number of benzene rings is 1. The molecule has 0 saturated heterocycles.